The van der Waals surface area contributed by atoms with Crippen molar-refractivity contribution in [1.29, 1.82) is 0 Å². The number of nitrogens with zero attached hydrogens (tertiary/aromatic N) is 2. The molecule has 0 atom stereocenters. The first-order valence-corrected chi connectivity index (χ1v) is 6.99. The van der Waals surface area contributed by atoms with Gasteiger partial charge in [-0.25, -0.2) is 4.98 Å². The van der Waals surface area contributed by atoms with Crippen molar-refractivity contribution in [1.82, 2.24) is 4.98 Å². The number of aromatic nitrogens is 1. The maximum atomic E-state index is 11.8. The molecule has 1 aromatic rings. The number of pyridine rings is 1. The summed E-state index contributed by atoms with van der Waals surface area (Å²) in [5.41, 5.74) is 6.32. The van der Waals surface area contributed by atoms with Gasteiger partial charge in [0.25, 0.3) is 0 Å². The molecule has 0 spiro atoms. The van der Waals surface area contributed by atoms with Crippen LogP contribution in [-0.4, -0.2) is 29.5 Å². The topological polar surface area (TPSA) is 71.2 Å². The predicted octanol–water partition coefficient (Wildman–Crippen LogP) is 2.35. The molecule has 1 amide bonds. The number of piperidine rings is 1. The van der Waals surface area contributed by atoms with Crippen molar-refractivity contribution >= 4 is 42.2 Å². The lowest BCUT2D eigenvalue weighted by molar-refractivity contribution is -0.118. The molecule has 1 aromatic heterocycles. The van der Waals surface area contributed by atoms with E-state index < -0.39 is 5.54 Å². The van der Waals surface area contributed by atoms with Gasteiger partial charge in [0.15, 0.2) is 0 Å². The lowest BCUT2D eigenvalue weighted by Gasteiger charge is -2.28. The number of carbonyl (C=O) groups is 1. The minimum atomic E-state index is -0.646. The second kappa shape index (κ2) is 7.29. The Balaban J connectivity index is 0.00000110. The van der Waals surface area contributed by atoms with Crippen LogP contribution in [0.15, 0.2) is 18.3 Å². The Morgan fingerprint density at radius 3 is 2.38 bits per heavy atom. The lowest BCUT2D eigenvalue weighted by Crippen LogP contribution is -2.38. The summed E-state index contributed by atoms with van der Waals surface area (Å²) in [6, 6.07) is 3.87. The molecule has 7 heteroatoms. The summed E-state index contributed by atoms with van der Waals surface area (Å²) in [4.78, 5) is 18.4. The van der Waals surface area contributed by atoms with Crippen molar-refractivity contribution in [3.63, 3.8) is 0 Å². The highest BCUT2D eigenvalue weighted by Crippen LogP contribution is 2.33. The van der Waals surface area contributed by atoms with Gasteiger partial charge in [-0.3, -0.25) is 4.79 Å². The Bertz CT molecular complexity index is 470. The first-order chi connectivity index (χ1) is 9.17. The largest absolute Gasteiger partial charge is 0.370 e. The van der Waals surface area contributed by atoms with Gasteiger partial charge < -0.3 is 16.0 Å². The highest BCUT2D eigenvalue weighted by Gasteiger charge is 2.46. The molecule has 0 bridgehead atoms. The van der Waals surface area contributed by atoms with E-state index in [0.717, 1.165) is 31.6 Å². The number of hydrogen-bond donors (Lipinski definition) is 2. The Morgan fingerprint density at radius 1 is 1.19 bits per heavy atom. The van der Waals surface area contributed by atoms with Crippen molar-refractivity contribution in [3.05, 3.63) is 18.3 Å². The number of nitrogens with one attached hydrogen (secondary N) is 1. The quantitative estimate of drug-likeness (QED) is 0.891. The summed E-state index contributed by atoms with van der Waals surface area (Å²) in [5.74, 6) is 0.466. The fourth-order valence-electron chi connectivity index (χ4n) is 2.40. The second-order valence-electron chi connectivity index (χ2n) is 5.56. The van der Waals surface area contributed by atoms with Gasteiger partial charge >= 0.3 is 0 Å². The molecule has 2 fully saturated rings. The third kappa shape index (κ3) is 4.22. The third-order valence-electron chi connectivity index (χ3n) is 3.95. The molecule has 1 aliphatic carbocycles. The van der Waals surface area contributed by atoms with E-state index in [9.17, 15) is 4.79 Å². The Kier molecular flexibility index (Phi) is 6.25. The smallest absolute Gasteiger partial charge is 0.245 e. The van der Waals surface area contributed by atoms with Crippen LogP contribution in [0.1, 0.15) is 32.1 Å². The van der Waals surface area contributed by atoms with Crippen LogP contribution in [0.5, 0.6) is 0 Å². The fourth-order valence-corrected chi connectivity index (χ4v) is 2.40. The summed E-state index contributed by atoms with van der Waals surface area (Å²) in [7, 11) is 0. The predicted molar refractivity (Wildman–Crippen MR) is 89.6 cm³/mol. The number of rotatable bonds is 3. The Labute approximate surface area is 137 Å². The van der Waals surface area contributed by atoms with Crippen LogP contribution < -0.4 is 16.0 Å². The molecule has 0 aromatic carbocycles. The van der Waals surface area contributed by atoms with Gasteiger partial charge in [-0.05, 0) is 44.2 Å². The molecule has 2 heterocycles. The van der Waals surface area contributed by atoms with Crippen LogP contribution in [0, 0.1) is 0 Å². The SMILES string of the molecule is Cl.Cl.NC1(C(=O)Nc2ccc(N3CCCCC3)cn2)CC1. The molecule has 21 heavy (non-hydrogen) atoms. The van der Waals surface area contributed by atoms with Crippen molar-refractivity contribution < 1.29 is 4.79 Å². The van der Waals surface area contributed by atoms with E-state index in [1.54, 1.807) is 0 Å². The normalized spacial score (nSPS) is 19.0. The van der Waals surface area contributed by atoms with E-state index in [1.807, 2.05) is 18.3 Å². The number of anilines is 2. The van der Waals surface area contributed by atoms with Gasteiger partial charge in [0.1, 0.15) is 5.82 Å². The van der Waals surface area contributed by atoms with Crippen molar-refractivity contribution in [2.45, 2.75) is 37.6 Å². The number of halogens is 2. The average Bonchev–Trinajstić information content (AvgIpc) is 3.20. The maximum absolute atomic E-state index is 11.8. The van der Waals surface area contributed by atoms with E-state index in [4.69, 9.17) is 5.73 Å². The van der Waals surface area contributed by atoms with Crippen LogP contribution in [0.25, 0.3) is 0 Å². The average molecular weight is 333 g/mol. The maximum Gasteiger partial charge on any atom is 0.245 e. The molecule has 1 aliphatic heterocycles. The van der Waals surface area contributed by atoms with Crippen LogP contribution in [-0.2, 0) is 4.79 Å². The molecule has 0 unspecified atom stereocenters. The summed E-state index contributed by atoms with van der Waals surface area (Å²) < 4.78 is 0. The van der Waals surface area contributed by atoms with Crippen LogP contribution >= 0.6 is 24.8 Å². The molecule has 5 nitrogen and oxygen atoms in total. The molecular weight excluding hydrogens is 311 g/mol. The van der Waals surface area contributed by atoms with Gasteiger partial charge in [0, 0.05) is 13.1 Å². The van der Waals surface area contributed by atoms with E-state index in [0.29, 0.717) is 5.82 Å². The zero-order valence-electron chi connectivity index (χ0n) is 11.9. The molecule has 1 saturated heterocycles. The number of carbonyl (C=O) groups excluding carboxylic acids is 1. The third-order valence-corrected chi connectivity index (χ3v) is 3.95. The first kappa shape index (κ1) is 18.0. The Hall–Kier alpha value is -1.04. The zero-order chi connectivity index (χ0) is 13.3. The fraction of sp³-hybridized carbons (Fsp3) is 0.571. The standard InChI is InChI=1S/C14H20N4O.2ClH/c15-14(6-7-14)13(19)17-12-5-4-11(10-16-12)18-8-2-1-3-9-18;;/h4-5,10H,1-3,6-9,15H2,(H,16,17,19);2*1H. The van der Waals surface area contributed by atoms with Crippen molar-refractivity contribution in [2.75, 3.05) is 23.3 Å². The van der Waals surface area contributed by atoms with Crippen LogP contribution in [0.2, 0.25) is 0 Å². The molecule has 3 N–H and O–H groups in total. The van der Waals surface area contributed by atoms with E-state index in [1.165, 1.54) is 19.3 Å². The molecule has 1 saturated carbocycles. The number of amides is 1. The van der Waals surface area contributed by atoms with Crippen molar-refractivity contribution in [2.24, 2.45) is 5.73 Å². The summed E-state index contributed by atoms with van der Waals surface area (Å²) in [6.07, 6.45) is 7.17. The summed E-state index contributed by atoms with van der Waals surface area (Å²) in [5, 5.41) is 2.78. The van der Waals surface area contributed by atoms with E-state index in [-0.39, 0.29) is 30.7 Å². The second-order valence-corrected chi connectivity index (χ2v) is 5.56. The van der Waals surface area contributed by atoms with Gasteiger partial charge in [0.05, 0.1) is 17.4 Å². The summed E-state index contributed by atoms with van der Waals surface area (Å²) in [6.45, 7) is 2.19. The molecule has 2 aliphatic rings. The van der Waals surface area contributed by atoms with Crippen molar-refractivity contribution in [3.8, 4) is 0 Å². The van der Waals surface area contributed by atoms with Gasteiger partial charge in [0.2, 0.25) is 5.91 Å². The summed E-state index contributed by atoms with van der Waals surface area (Å²) >= 11 is 0. The zero-order valence-corrected chi connectivity index (χ0v) is 13.5. The molecular formula is C14H22Cl2N4O. The minimum absolute atomic E-state index is 0. The number of hydrogen-bond acceptors (Lipinski definition) is 4. The van der Waals surface area contributed by atoms with E-state index >= 15 is 0 Å². The molecule has 0 radical (unpaired) electrons. The molecule has 3 rings (SSSR count). The van der Waals surface area contributed by atoms with Crippen LogP contribution in [0.4, 0.5) is 11.5 Å². The molecule has 118 valence electrons. The van der Waals surface area contributed by atoms with E-state index in [2.05, 4.69) is 15.2 Å². The lowest BCUT2D eigenvalue weighted by atomic mass is 10.1. The van der Waals surface area contributed by atoms with Gasteiger partial charge in [-0.2, -0.15) is 0 Å². The van der Waals surface area contributed by atoms with Gasteiger partial charge in [-0.15, -0.1) is 24.8 Å². The van der Waals surface area contributed by atoms with Gasteiger partial charge in [-0.1, -0.05) is 0 Å². The minimum Gasteiger partial charge on any atom is -0.370 e. The highest BCUT2D eigenvalue weighted by atomic mass is 35.5. The highest BCUT2D eigenvalue weighted by molar-refractivity contribution is 5.99. The monoisotopic (exact) mass is 332 g/mol. The Morgan fingerprint density at radius 2 is 1.86 bits per heavy atom. The first-order valence-electron chi connectivity index (χ1n) is 6.99. The number of nitrogens with two attached hydrogens (primary N) is 1. The van der Waals surface area contributed by atoms with Crippen LogP contribution in [0.3, 0.4) is 0 Å².